The number of hydrogen-bond acceptors (Lipinski definition) is 0. The standard InChI is InChI=1S/C22H18Se/c1-3-9-17(10-4-1)15-19-16-22(18-11-5-2-6-12-18)23-21-14-8-7-13-20(19)21/h1-14,16,19H,15H2. The SMILES string of the molecule is C1=C(c2ccccc2)[Se]c2ccccc2C1Cc1ccccc1. The third kappa shape index (κ3) is 3.17. The van der Waals surface area contributed by atoms with Crippen molar-refractivity contribution in [3.05, 3.63) is 108 Å². The van der Waals surface area contributed by atoms with E-state index < -0.39 is 0 Å². The molecule has 0 amide bonds. The minimum absolute atomic E-state index is 0.394. The second-order valence-corrected chi connectivity index (χ2v) is 8.11. The van der Waals surface area contributed by atoms with Crippen molar-refractivity contribution in [1.82, 2.24) is 0 Å². The van der Waals surface area contributed by atoms with E-state index in [4.69, 9.17) is 0 Å². The van der Waals surface area contributed by atoms with E-state index >= 15 is 0 Å². The summed E-state index contributed by atoms with van der Waals surface area (Å²) in [6, 6.07) is 30.6. The van der Waals surface area contributed by atoms with Gasteiger partial charge in [-0.2, -0.15) is 0 Å². The van der Waals surface area contributed by atoms with E-state index in [0.717, 1.165) is 6.42 Å². The molecule has 1 heteroatoms. The third-order valence-electron chi connectivity index (χ3n) is 4.25. The average molecular weight is 361 g/mol. The van der Waals surface area contributed by atoms with Crippen LogP contribution in [0.15, 0.2) is 91.0 Å². The van der Waals surface area contributed by atoms with E-state index in [9.17, 15) is 0 Å². The fourth-order valence-electron chi connectivity index (χ4n) is 3.10. The molecule has 0 spiro atoms. The van der Waals surface area contributed by atoms with Crippen LogP contribution in [0.3, 0.4) is 0 Å². The Morgan fingerprint density at radius 2 is 1.35 bits per heavy atom. The predicted octanol–water partition coefficient (Wildman–Crippen LogP) is 4.40. The molecule has 0 saturated heterocycles. The van der Waals surface area contributed by atoms with Crippen LogP contribution < -0.4 is 4.46 Å². The summed E-state index contributed by atoms with van der Waals surface area (Å²) in [5.41, 5.74) is 4.29. The zero-order chi connectivity index (χ0) is 15.5. The van der Waals surface area contributed by atoms with Gasteiger partial charge in [-0.1, -0.05) is 0 Å². The van der Waals surface area contributed by atoms with Crippen LogP contribution in [0.2, 0.25) is 0 Å². The molecule has 0 fully saturated rings. The molecule has 3 aromatic rings. The normalized spacial score (nSPS) is 16.5. The molecule has 0 N–H and O–H groups in total. The predicted molar refractivity (Wildman–Crippen MR) is 99.1 cm³/mol. The summed E-state index contributed by atoms with van der Waals surface area (Å²) in [5.74, 6) is 0.472. The molecular weight excluding hydrogens is 343 g/mol. The Labute approximate surface area is 144 Å². The maximum atomic E-state index is 2.50. The van der Waals surface area contributed by atoms with Crippen molar-refractivity contribution < 1.29 is 0 Å². The summed E-state index contributed by atoms with van der Waals surface area (Å²) in [6.45, 7) is 0. The fourth-order valence-corrected chi connectivity index (χ4v) is 5.63. The van der Waals surface area contributed by atoms with Gasteiger partial charge < -0.3 is 0 Å². The van der Waals surface area contributed by atoms with Crippen LogP contribution in [0, 0.1) is 0 Å². The molecule has 0 nitrogen and oxygen atoms in total. The second-order valence-electron chi connectivity index (χ2n) is 5.83. The quantitative estimate of drug-likeness (QED) is 0.607. The molecule has 0 aliphatic carbocycles. The Hall–Kier alpha value is -2.08. The zero-order valence-electron chi connectivity index (χ0n) is 12.9. The summed E-state index contributed by atoms with van der Waals surface area (Å²) in [4.78, 5) is 0. The Morgan fingerprint density at radius 1 is 0.696 bits per heavy atom. The molecule has 0 radical (unpaired) electrons. The number of fused-ring (bicyclic) bond motifs is 1. The maximum absolute atomic E-state index is 2.50. The number of benzene rings is 3. The summed E-state index contributed by atoms with van der Waals surface area (Å²) in [6.07, 6.45) is 3.58. The van der Waals surface area contributed by atoms with Crippen molar-refractivity contribution in [2.24, 2.45) is 0 Å². The van der Waals surface area contributed by atoms with E-state index in [1.54, 1.807) is 0 Å². The second kappa shape index (κ2) is 6.58. The molecule has 0 aromatic heterocycles. The van der Waals surface area contributed by atoms with Gasteiger partial charge in [0.05, 0.1) is 0 Å². The zero-order valence-corrected chi connectivity index (χ0v) is 14.6. The molecule has 112 valence electrons. The van der Waals surface area contributed by atoms with Crippen LogP contribution in [-0.4, -0.2) is 15.0 Å². The van der Waals surface area contributed by atoms with Gasteiger partial charge in [-0.25, -0.2) is 0 Å². The molecule has 1 aliphatic rings. The Bertz CT molecular complexity index is 819. The van der Waals surface area contributed by atoms with Crippen molar-refractivity contribution in [3.8, 4) is 0 Å². The van der Waals surface area contributed by atoms with E-state index in [2.05, 4.69) is 91.0 Å². The first kappa shape index (κ1) is 14.5. The summed E-state index contributed by atoms with van der Waals surface area (Å²) >= 11 is 0.394. The summed E-state index contributed by atoms with van der Waals surface area (Å²) in [5, 5.41) is 0. The molecule has 1 unspecified atom stereocenters. The van der Waals surface area contributed by atoms with Crippen molar-refractivity contribution >= 4 is 23.9 Å². The number of allylic oxidation sites excluding steroid dienone is 1. The first-order chi connectivity index (χ1) is 11.4. The Morgan fingerprint density at radius 3 is 2.13 bits per heavy atom. The van der Waals surface area contributed by atoms with Gasteiger partial charge in [0.15, 0.2) is 0 Å². The number of hydrogen-bond donors (Lipinski definition) is 0. The molecule has 1 aliphatic heterocycles. The number of rotatable bonds is 3. The molecule has 4 rings (SSSR count). The first-order valence-electron chi connectivity index (χ1n) is 7.98. The monoisotopic (exact) mass is 362 g/mol. The van der Waals surface area contributed by atoms with Crippen LogP contribution in [-0.2, 0) is 6.42 Å². The van der Waals surface area contributed by atoms with Crippen LogP contribution in [0.5, 0.6) is 0 Å². The molecule has 3 aromatic carbocycles. The van der Waals surface area contributed by atoms with Gasteiger partial charge in [0.1, 0.15) is 0 Å². The van der Waals surface area contributed by atoms with Gasteiger partial charge in [-0.3, -0.25) is 0 Å². The van der Waals surface area contributed by atoms with Crippen molar-refractivity contribution in [3.63, 3.8) is 0 Å². The van der Waals surface area contributed by atoms with Crippen LogP contribution >= 0.6 is 0 Å². The fraction of sp³-hybridized carbons (Fsp3) is 0.0909. The van der Waals surface area contributed by atoms with E-state index in [1.165, 1.54) is 25.6 Å². The van der Waals surface area contributed by atoms with Crippen LogP contribution in [0.25, 0.3) is 4.47 Å². The minimum atomic E-state index is 0.394. The molecule has 0 saturated carbocycles. The van der Waals surface area contributed by atoms with Crippen LogP contribution in [0.1, 0.15) is 22.6 Å². The Kier molecular flexibility index (Phi) is 4.15. The third-order valence-corrected chi connectivity index (χ3v) is 6.73. The summed E-state index contributed by atoms with van der Waals surface area (Å²) in [7, 11) is 0. The van der Waals surface area contributed by atoms with E-state index in [-0.39, 0.29) is 0 Å². The van der Waals surface area contributed by atoms with Gasteiger partial charge in [-0.15, -0.1) is 0 Å². The van der Waals surface area contributed by atoms with Gasteiger partial charge in [0.2, 0.25) is 0 Å². The van der Waals surface area contributed by atoms with Gasteiger partial charge >= 0.3 is 144 Å². The van der Waals surface area contributed by atoms with Gasteiger partial charge in [-0.05, 0) is 0 Å². The molecular formula is C22H18Se. The molecule has 1 atom stereocenters. The molecule has 0 bridgehead atoms. The molecule has 1 heterocycles. The van der Waals surface area contributed by atoms with Crippen molar-refractivity contribution in [2.45, 2.75) is 12.3 Å². The summed E-state index contributed by atoms with van der Waals surface area (Å²) < 4.78 is 3.04. The average Bonchev–Trinajstić information content (AvgIpc) is 2.63. The molecule has 23 heavy (non-hydrogen) atoms. The van der Waals surface area contributed by atoms with Gasteiger partial charge in [0, 0.05) is 0 Å². The van der Waals surface area contributed by atoms with Crippen molar-refractivity contribution in [2.75, 3.05) is 0 Å². The van der Waals surface area contributed by atoms with Crippen molar-refractivity contribution in [1.29, 1.82) is 0 Å². The van der Waals surface area contributed by atoms with Crippen LogP contribution in [0.4, 0.5) is 0 Å². The first-order valence-corrected chi connectivity index (χ1v) is 9.69. The topological polar surface area (TPSA) is 0 Å². The van der Waals surface area contributed by atoms with Gasteiger partial charge in [0.25, 0.3) is 0 Å². The van der Waals surface area contributed by atoms with E-state index in [1.807, 2.05) is 0 Å². The van der Waals surface area contributed by atoms with E-state index in [0.29, 0.717) is 20.9 Å². The Balaban J connectivity index is 1.73.